The van der Waals surface area contributed by atoms with Crippen molar-refractivity contribution < 1.29 is 19.0 Å². The minimum absolute atomic E-state index is 0.243. The van der Waals surface area contributed by atoms with Gasteiger partial charge in [-0.3, -0.25) is 4.79 Å². The van der Waals surface area contributed by atoms with Crippen molar-refractivity contribution in [2.45, 2.75) is 13.5 Å². The van der Waals surface area contributed by atoms with Gasteiger partial charge in [0, 0.05) is 21.8 Å². The predicted molar refractivity (Wildman–Crippen MR) is 119 cm³/mol. The number of carbonyl (C=O) groups is 1. The van der Waals surface area contributed by atoms with Gasteiger partial charge in [-0.25, -0.2) is 0 Å². The molecule has 3 aromatic carbocycles. The van der Waals surface area contributed by atoms with Crippen molar-refractivity contribution in [3.8, 4) is 17.2 Å². The summed E-state index contributed by atoms with van der Waals surface area (Å²) >= 11 is 12.0. The number of anilines is 1. The number of hydrogen-bond donors (Lipinski definition) is 1. The van der Waals surface area contributed by atoms with Crippen molar-refractivity contribution in [1.82, 2.24) is 0 Å². The molecule has 0 unspecified atom stereocenters. The van der Waals surface area contributed by atoms with Crippen molar-refractivity contribution in [3.63, 3.8) is 0 Å². The molecule has 0 fully saturated rings. The lowest BCUT2D eigenvalue weighted by atomic mass is 10.1. The maximum absolute atomic E-state index is 12.7. The molecule has 0 aromatic heterocycles. The number of amides is 1. The first-order valence-corrected chi connectivity index (χ1v) is 10.0. The molecule has 3 aromatic rings. The molecule has 156 valence electrons. The smallest absolute Gasteiger partial charge is 0.255 e. The third kappa shape index (κ3) is 5.59. The minimum atomic E-state index is -0.271. The van der Waals surface area contributed by atoms with E-state index < -0.39 is 0 Å². The van der Waals surface area contributed by atoms with Crippen molar-refractivity contribution in [2.75, 3.05) is 19.0 Å². The van der Waals surface area contributed by atoms with Gasteiger partial charge in [-0.1, -0.05) is 23.2 Å². The van der Waals surface area contributed by atoms with E-state index in [1.165, 1.54) is 7.11 Å². The first kappa shape index (κ1) is 21.8. The second-order valence-electron chi connectivity index (χ2n) is 6.30. The van der Waals surface area contributed by atoms with E-state index in [4.69, 9.17) is 37.4 Å². The van der Waals surface area contributed by atoms with Crippen LogP contribution in [0.25, 0.3) is 0 Å². The average molecular weight is 446 g/mol. The van der Waals surface area contributed by atoms with E-state index in [1.54, 1.807) is 60.7 Å². The van der Waals surface area contributed by atoms with E-state index in [9.17, 15) is 4.79 Å². The molecule has 0 aliphatic heterocycles. The Morgan fingerprint density at radius 1 is 0.933 bits per heavy atom. The van der Waals surface area contributed by atoms with Crippen LogP contribution in [0.1, 0.15) is 22.8 Å². The number of benzene rings is 3. The van der Waals surface area contributed by atoms with Crippen molar-refractivity contribution in [2.24, 2.45) is 0 Å². The Morgan fingerprint density at radius 3 is 2.33 bits per heavy atom. The number of nitrogens with one attached hydrogen (secondary N) is 1. The Bertz CT molecular complexity index is 1020. The number of ether oxygens (including phenoxy) is 3. The predicted octanol–water partition coefficient (Wildman–Crippen LogP) is 6.23. The van der Waals surface area contributed by atoms with Crippen LogP contribution in [0.3, 0.4) is 0 Å². The fourth-order valence-corrected chi connectivity index (χ4v) is 3.15. The van der Waals surface area contributed by atoms with Crippen LogP contribution in [0, 0.1) is 0 Å². The zero-order valence-electron chi connectivity index (χ0n) is 16.6. The van der Waals surface area contributed by atoms with Gasteiger partial charge in [-0.2, -0.15) is 0 Å². The standard InChI is InChI=1S/C23H21Cl2NO4/c1-3-29-21-10-4-15(12-16(21)14-30-19-8-5-17(24)6-9-19)23(27)26-18-7-11-22(28-2)20(25)13-18/h4-13H,3,14H2,1-2H3,(H,26,27). The number of methoxy groups -OCH3 is 1. The second-order valence-corrected chi connectivity index (χ2v) is 7.15. The van der Waals surface area contributed by atoms with Gasteiger partial charge in [0.2, 0.25) is 0 Å². The quantitative estimate of drug-likeness (QED) is 0.446. The normalized spacial score (nSPS) is 10.4. The molecule has 0 aliphatic carbocycles. The van der Waals surface area contributed by atoms with Crippen molar-refractivity contribution >= 4 is 34.8 Å². The summed E-state index contributed by atoms with van der Waals surface area (Å²) in [6.45, 7) is 2.65. The molecular weight excluding hydrogens is 425 g/mol. The molecule has 0 heterocycles. The lowest BCUT2D eigenvalue weighted by Gasteiger charge is -2.14. The molecule has 0 spiro atoms. The summed E-state index contributed by atoms with van der Waals surface area (Å²) in [5.74, 6) is 1.60. The molecule has 0 bridgehead atoms. The molecule has 5 nitrogen and oxygen atoms in total. The summed E-state index contributed by atoms with van der Waals surface area (Å²) in [5.41, 5.74) is 1.80. The molecular formula is C23H21Cl2NO4. The largest absolute Gasteiger partial charge is 0.495 e. The molecule has 0 radical (unpaired) electrons. The number of rotatable bonds is 8. The van der Waals surface area contributed by atoms with Crippen molar-refractivity contribution in [1.29, 1.82) is 0 Å². The maximum Gasteiger partial charge on any atom is 0.255 e. The van der Waals surface area contributed by atoms with E-state index in [2.05, 4.69) is 5.32 Å². The topological polar surface area (TPSA) is 56.8 Å². The van der Waals surface area contributed by atoms with Crippen LogP contribution in [0.5, 0.6) is 17.2 Å². The highest BCUT2D eigenvalue weighted by Crippen LogP contribution is 2.28. The van der Waals surface area contributed by atoms with E-state index in [0.29, 0.717) is 45.2 Å². The average Bonchev–Trinajstić information content (AvgIpc) is 2.74. The van der Waals surface area contributed by atoms with E-state index in [1.807, 2.05) is 6.92 Å². The molecule has 7 heteroatoms. The van der Waals surface area contributed by atoms with Gasteiger partial charge in [0.1, 0.15) is 23.9 Å². The van der Waals surface area contributed by atoms with Crippen LogP contribution in [-0.2, 0) is 6.61 Å². The third-order valence-corrected chi connectivity index (χ3v) is 4.79. The minimum Gasteiger partial charge on any atom is -0.495 e. The zero-order valence-corrected chi connectivity index (χ0v) is 18.1. The Kier molecular flexibility index (Phi) is 7.44. The van der Waals surface area contributed by atoms with Gasteiger partial charge in [0.05, 0.1) is 18.7 Å². The van der Waals surface area contributed by atoms with Crippen LogP contribution >= 0.6 is 23.2 Å². The van der Waals surface area contributed by atoms with Gasteiger partial charge >= 0.3 is 0 Å². The lowest BCUT2D eigenvalue weighted by molar-refractivity contribution is 0.102. The Hall–Kier alpha value is -2.89. The number of hydrogen-bond acceptors (Lipinski definition) is 4. The summed E-state index contributed by atoms with van der Waals surface area (Å²) in [7, 11) is 1.53. The van der Waals surface area contributed by atoms with Crippen LogP contribution < -0.4 is 19.5 Å². The molecule has 30 heavy (non-hydrogen) atoms. The van der Waals surface area contributed by atoms with E-state index in [0.717, 1.165) is 5.56 Å². The number of carbonyl (C=O) groups excluding carboxylic acids is 1. The van der Waals surface area contributed by atoms with Crippen LogP contribution in [0.2, 0.25) is 10.0 Å². The zero-order chi connectivity index (χ0) is 21.5. The van der Waals surface area contributed by atoms with Gasteiger partial charge in [-0.15, -0.1) is 0 Å². The fraction of sp³-hybridized carbons (Fsp3) is 0.174. The molecule has 0 atom stereocenters. The molecule has 1 amide bonds. The summed E-state index contributed by atoms with van der Waals surface area (Å²) in [5, 5.41) is 3.88. The van der Waals surface area contributed by atoms with Gasteiger partial charge < -0.3 is 19.5 Å². The first-order valence-electron chi connectivity index (χ1n) is 9.29. The summed E-state index contributed by atoms with van der Waals surface area (Å²) < 4.78 is 16.6. The van der Waals surface area contributed by atoms with Gasteiger partial charge in [-0.05, 0) is 67.6 Å². The highest BCUT2D eigenvalue weighted by Gasteiger charge is 2.13. The maximum atomic E-state index is 12.7. The van der Waals surface area contributed by atoms with Crippen LogP contribution in [-0.4, -0.2) is 19.6 Å². The second kappa shape index (κ2) is 10.2. The molecule has 1 N–H and O–H groups in total. The highest BCUT2D eigenvalue weighted by atomic mass is 35.5. The SMILES string of the molecule is CCOc1ccc(C(=O)Nc2ccc(OC)c(Cl)c2)cc1COc1ccc(Cl)cc1. The van der Waals surface area contributed by atoms with E-state index >= 15 is 0 Å². The van der Waals surface area contributed by atoms with Gasteiger partial charge in [0.25, 0.3) is 5.91 Å². The fourth-order valence-electron chi connectivity index (χ4n) is 2.77. The summed E-state index contributed by atoms with van der Waals surface area (Å²) in [6, 6.07) is 17.4. The Morgan fingerprint density at radius 2 is 1.67 bits per heavy atom. The summed E-state index contributed by atoms with van der Waals surface area (Å²) in [6.07, 6.45) is 0. The highest BCUT2D eigenvalue weighted by molar-refractivity contribution is 6.32. The van der Waals surface area contributed by atoms with Crippen LogP contribution in [0.15, 0.2) is 60.7 Å². The monoisotopic (exact) mass is 445 g/mol. The lowest BCUT2D eigenvalue weighted by Crippen LogP contribution is -2.13. The van der Waals surface area contributed by atoms with Crippen molar-refractivity contribution in [3.05, 3.63) is 81.8 Å². The Balaban J connectivity index is 1.77. The number of halogens is 2. The van der Waals surface area contributed by atoms with E-state index in [-0.39, 0.29) is 12.5 Å². The molecule has 0 saturated heterocycles. The Labute approximate surface area is 185 Å². The first-order chi connectivity index (χ1) is 14.5. The molecule has 3 rings (SSSR count). The summed E-state index contributed by atoms with van der Waals surface area (Å²) in [4.78, 5) is 12.7. The van der Waals surface area contributed by atoms with Gasteiger partial charge in [0.15, 0.2) is 0 Å². The molecule has 0 aliphatic rings. The van der Waals surface area contributed by atoms with Crippen LogP contribution in [0.4, 0.5) is 5.69 Å². The molecule has 0 saturated carbocycles. The third-order valence-electron chi connectivity index (χ3n) is 4.24.